The number of halogens is 3. The van der Waals surface area contributed by atoms with E-state index in [1.807, 2.05) is 0 Å². The van der Waals surface area contributed by atoms with Gasteiger partial charge in [0.1, 0.15) is 16.1 Å². The smallest absolute Gasteiger partial charge is 0.230 e. The molecular formula is C10H6Cl2FN3. The molecule has 0 aliphatic rings. The lowest BCUT2D eigenvalue weighted by atomic mass is 10.3. The summed E-state index contributed by atoms with van der Waals surface area (Å²) in [5.74, 6) is -0.124. The summed E-state index contributed by atoms with van der Waals surface area (Å²) in [4.78, 5) is 7.79. The van der Waals surface area contributed by atoms with Crippen molar-refractivity contribution < 1.29 is 4.39 Å². The number of benzene rings is 1. The number of hydrogen-bond acceptors (Lipinski definition) is 3. The first-order valence-corrected chi connectivity index (χ1v) is 5.12. The van der Waals surface area contributed by atoms with Crippen molar-refractivity contribution in [1.82, 2.24) is 9.97 Å². The number of rotatable bonds is 2. The van der Waals surface area contributed by atoms with Crippen LogP contribution in [0.5, 0.6) is 0 Å². The van der Waals surface area contributed by atoms with Crippen LogP contribution < -0.4 is 5.32 Å². The monoisotopic (exact) mass is 257 g/mol. The van der Waals surface area contributed by atoms with Crippen LogP contribution >= 0.6 is 23.2 Å². The number of hydrogen-bond donors (Lipinski definition) is 1. The molecular weight excluding hydrogens is 252 g/mol. The maximum absolute atomic E-state index is 12.9. The van der Waals surface area contributed by atoms with Crippen molar-refractivity contribution in [3.63, 3.8) is 0 Å². The van der Waals surface area contributed by atoms with Gasteiger partial charge >= 0.3 is 0 Å². The predicted octanol–water partition coefficient (Wildman–Crippen LogP) is 3.67. The van der Waals surface area contributed by atoms with Gasteiger partial charge in [-0.15, -0.1) is 0 Å². The minimum atomic E-state index is -0.349. The summed E-state index contributed by atoms with van der Waals surface area (Å²) >= 11 is 11.4. The number of nitrogens with zero attached hydrogens (tertiary/aromatic N) is 2. The van der Waals surface area contributed by atoms with Crippen molar-refractivity contribution in [3.05, 3.63) is 46.5 Å². The predicted molar refractivity (Wildman–Crippen MR) is 61.7 cm³/mol. The van der Waals surface area contributed by atoms with Crippen LogP contribution in [0.25, 0.3) is 0 Å². The van der Waals surface area contributed by atoms with Crippen LogP contribution in [0, 0.1) is 5.82 Å². The van der Waals surface area contributed by atoms with E-state index in [-0.39, 0.29) is 22.1 Å². The highest BCUT2D eigenvalue weighted by Gasteiger charge is 2.02. The van der Waals surface area contributed by atoms with Crippen molar-refractivity contribution in [2.24, 2.45) is 0 Å². The van der Waals surface area contributed by atoms with Crippen LogP contribution in [-0.2, 0) is 0 Å². The normalized spacial score (nSPS) is 10.2. The van der Waals surface area contributed by atoms with Crippen LogP contribution in [0.3, 0.4) is 0 Å². The molecule has 1 heterocycles. The second-order valence-corrected chi connectivity index (χ2v) is 3.75. The minimum absolute atomic E-state index is 0.221. The lowest BCUT2D eigenvalue weighted by Gasteiger charge is -2.04. The number of nitrogens with one attached hydrogen (secondary N) is 1. The molecule has 16 heavy (non-hydrogen) atoms. The van der Waals surface area contributed by atoms with Crippen LogP contribution in [0.2, 0.25) is 10.3 Å². The third-order valence-electron chi connectivity index (χ3n) is 1.74. The Labute approximate surface area is 101 Å². The minimum Gasteiger partial charge on any atom is -0.324 e. The molecule has 1 aromatic carbocycles. The molecule has 82 valence electrons. The van der Waals surface area contributed by atoms with E-state index in [0.29, 0.717) is 5.69 Å². The average Bonchev–Trinajstić information content (AvgIpc) is 2.15. The molecule has 1 N–H and O–H groups in total. The molecule has 0 amide bonds. The molecule has 0 aliphatic carbocycles. The molecule has 0 radical (unpaired) electrons. The van der Waals surface area contributed by atoms with Gasteiger partial charge in [-0.3, -0.25) is 0 Å². The third-order valence-corrected chi connectivity index (χ3v) is 2.13. The largest absolute Gasteiger partial charge is 0.324 e. The van der Waals surface area contributed by atoms with Crippen LogP contribution in [-0.4, -0.2) is 9.97 Å². The molecule has 0 saturated carbocycles. The second kappa shape index (κ2) is 4.63. The van der Waals surface area contributed by atoms with Crippen molar-refractivity contribution in [3.8, 4) is 0 Å². The van der Waals surface area contributed by atoms with E-state index in [2.05, 4.69) is 15.3 Å². The van der Waals surface area contributed by atoms with Gasteiger partial charge in [-0.05, 0) is 18.2 Å². The summed E-state index contributed by atoms with van der Waals surface area (Å²) in [6.45, 7) is 0. The fraction of sp³-hybridized carbons (Fsp3) is 0. The Bertz CT molecular complexity index is 499. The Kier molecular flexibility index (Phi) is 3.22. The van der Waals surface area contributed by atoms with E-state index in [1.165, 1.54) is 18.2 Å². The standard InChI is InChI=1S/C10H6Cl2FN3/c11-8-5-9(12)16-10(15-8)14-7-3-1-2-6(13)4-7/h1-5H,(H,14,15,16). The van der Waals surface area contributed by atoms with E-state index < -0.39 is 0 Å². The molecule has 2 rings (SSSR count). The van der Waals surface area contributed by atoms with E-state index in [9.17, 15) is 4.39 Å². The van der Waals surface area contributed by atoms with Crippen LogP contribution in [0.4, 0.5) is 16.0 Å². The number of anilines is 2. The summed E-state index contributed by atoms with van der Waals surface area (Å²) in [5.41, 5.74) is 0.526. The Morgan fingerprint density at radius 2 is 1.75 bits per heavy atom. The van der Waals surface area contributed by atoms with Crippen molar-refractivity contribution in [1.29, 1.82) is 0 Å². The molecule has 6 heteroatoms. The van der Waals surface area contributed by atoms with Gasteiger partial charge in [-0.2, -0.15) is 0 Å². The van der Waals surface area contributed by atoms with Crippen LogP contribution in [0.15, 0.2) is 30.3 Å². The summed E-state index contributed by atoms with van der Waals surface area (Å²) in [5, 5.41) is 3.24. The maximum Gasteiger partial charge on any atom is 0.230 e. The fourth-order valence-electron chi connectivity index (χ4n) is 1.14. The maximum atomic E-state index is 12.9. The third kappa shape index (κ3) is 2.81. The lowest BCUT2D eigenvalue weighted by Crippen LogP contribution is -1.97. The molecule has 3 nitrogen and oxygen atoms in total. The van der Waals surface area contributed by atoms with Gasteiger partial charge in [0, 0.05) is 11.8 Å². The SMILES string of the molecule is Fc1cccc(Nc2nc(Cl)cc(Cl)n2)c1. The van der Waals surface area contributed by atoms with Gasteiger partial charge < -0.3 is 5.32 Å². The molecule has 0 aliphatic heterocycles. The molecule has 0 saturated heterocycles. The quantitative estimate of drug-likeness (QED) is 0.835. The first-order chi connectivity index (χ1) is 7.63. The first-order valence-electron chi connectivity index (χ1n) is 4.36. The molecule has 0 bridgehead atoms. The lowest BCUT2D eigenvalue weighted by molar-refractivity contribution is 0.628. The van der Waals surface area contributed by atoms with Gasteiger partial charge in [-0.25, -0.2) is 14.4 Å². The topological polar surface area (TPSA) is 37.8 Å². The molecule has 0 unspecified atom stereocenters. The van der Waals surface area contributed by atoms with Crippen molar-refractivity contribution in [2.45, 2.75) is 0 Å². The van der Waals surface area contributed by atoms with Gasteiger partial charge in [0.25, 0.3) is 0 Å². The van der Waals surface area contributed by atoms with E-state index in [4.69, 9.17) is 23.2 Å². The molecule has 0 atom stereocenters. The van der Waals surface area contributed by atoms with Crippen LogP contribution in [0.1, 0.15) is 0 Å². The first kappa shape index (κ1) is 11.1. The molecule has 0 spiro atoms. The van der Waals surface area contributed by atoms with E-state index in [1.54, 1.807) is 12.1 Å². The van der Waals surface area contributed by atoms with Gasteiger partial charge in [0.05, 0.1) is 0 Å². The zero-order valence-corrected chi connectivity index (χ0v) is 9.43. The second-order valence-electron chi connectivity index (χ2n) is 2.97. The van der Waals surface area contributed by atoms with Gasteiger partial charge in [0.2, 0.25) is 5.95 Å². The summed E-state index contributed by atoms with van der Waals surface area (Å²) in [6.07, 6.45) is 0. The number of aromatic nitrogens is 2. The zero-order chi connectivity index (χ0) is 11.5. The Balaban J connectivity index is 2.27. The summed E-state index contributed by atoms with van der Waals surface area (Å²) in [6, 6.07) is 7.33. The Hall–Kier alpha value is -1.39. The Morgan fingerprint density at radius 3 is 2.38 bits per heavy atom. The van der Waals surface area contributed by atoms with Crippen molar-refractivity contribution >= 4 is 34.8 Å². The zero-order valence-electron chi connectivity index (χ0n) is 7.92. The molecule has 2 aromatic rings. The Morgan fingerprint density at radius 1 is 1.06 bits per heavy atom. The highest BCUT2D eigenvalue weighted by atomic mass is 35.5. The fourth-order valence-corrected chi connectivity index (χ4v) is 1.56. The van der Waals surface area contributed by atoms with Gasteiger partial charge in [-0.1, -0.05) is 29.3 Å². The molecule has 0 fully saturated rings. The summed E-state index contributed by atoms with van der Waals surface area (Å²) < 4.78 is 12.9. The van der Waals surface area contributed by atoms with E-state index >= 15 is 0 Å². The van der Waals surface area contributed by atoms with E-state index in [0.717, 1.165) is 0 Å². The van der Waals surface area contributed by atoms with Gasteiger partial charge in [0.15, 0.2) is 0 Å². The summed E-state index contributed by atoms with van der Waals surface area (Å²) in [7, 11) is 0. The molecule has 1 aromatic heterocycles. The highest BCUT2D eigenvalue weighted by molar-refractivity contribution is 6.33. The van der Waals surface area contributed by atoms with Crippen molar-refractivity contribution in [2.75, 3.05) is 5.32 Å². The average molecular weight is 258 g/mol. The highest BCUT2D eigenvalue weighted by Crippen LogP contribution is 2.18.